The Morgan fingerprint density at radius 1 is 0.552 bits per heavy atom. The summed E-state index contributed by atoms with van der Waals surface area (Å²) in [5.74, 6) is 0. The average Bonchev–Trinajstić information content (AvgIpc) is 3.98. The van der Waals surface area contributed by atoms with Crippen molar-refractivity contribution in [3.8, 4) is 16.8 Å². The molecule has 67 heavy (non-hydrogen) atoms. The Labute approximate surface area is 394 Å². The van der Waals surface area contributed by atoms with Gasteiger partial charge < -0.3 is 18.7 Å². The predicted octanol–water partition coefficient (Wildman–Crippen LogP) is 15.4. The Hall–Kier alpha value is -7.28. The lowest BCUT2D eigenvalue weighted by Crippen LogP contribution is -2.60. The van der Waals surface area contributed by atoms with E-state index in [4.69, 9.17) is 11.0 Å². The van der Waals surface area contributed by atoms with Crippen LogP contribution < -0.4 is 20.6 Å². The molecule has 0 saturated carbocycles. The Bertz CT molecular complexity index is 4040. The molecule has 3 aromatic heterocycles. The Morgan fingerprint density at radius 3 is 2.09 bits per heavy atom. The van der Waals surface area contributed by atoms with Gasteiger partial charge in [-0.05, 0) is 110 Å². The fourth-order valence-electron chi connectivity index (χ4n) is 11.7. The van der Waals surface area contributed by atoms with E-state index in [2.05, 4.69) is 215 Å². The third kappa shape index (κ3) is 5.36. The summed E-state index contributed by atoms with van der Waals surface area (Å²) in [5, 5.41) is 7.49. The van der Waals surface area contributed by atoms with Crippen LogP contribution in [-0.4, -0.2) is 18.5 Å². The number of aromatic nitrogens is 1. The normalized spacial score (nSPS) is 14.5. The van der Waals surface area contributed by atoms with Gasteiger partial charge in [-0.25, -0.2) is 0 Å². The highest BCUT2D eigenvalue weighted by Gasteiger charge is 2.45. The molecular weight excluding hydrogens is 834 g/mol. The van der Waals surface area contributed by atoms with Crippen LogP contribution >= 0.6 is 11.3 Å². The van der Waals surface area contributed by atoms with Crippen molar-refractivity contribution in [2.24, 2.45) is 0 Å². The molecule has 0 atom stereocenters. The first-order valence-corrected chi connectivity index (χ1v) is 24.3. The highest BCUT2D eigenvalue weighted by molar-refractivity contribution is 7.25. The van der Waals surface area contributed by atoms with Crippen molar-refractivity contribution in [2.45, 2.75) is 52.4 Å². The highest BCUT2D eigenvalue weighted by atomic mass is 32.1. The van der Waals surface area contributed by atoms with Crippen LogP contribution in [0.25, 0.3) is 92.0 Å². The van der Waals surface area contributed by atoms with E-state index in [0.29, 0.717) is 0 Å². The van der Waals surface area contributed by atoms with Gasteiger partial charge in [0, 0.05) is 88.7 Å². The molecule has 0 N–H and O–H groups in total. The zero-order valence-electron chi connectivity index (χ0n) is 38.9. The molecule has 3 aliphatic rings. The van der Waals surface area contributed by atoms with Gasteiger partial charge in [0.15, 0.2) is 0 Å². The number of benzene rings is 8. The first-order valence-electron chi connectivity index (χ1n) is 23.5. The van der Waals surface area contributed by atoms with Gasteiger partial charge in [-0.15, -0.1) is 11.3 Å². The first kappa shape index (κ1) is 38.9. The summed E-state index contributed by atoms with van der Waals surface area (Å²) in [6.45, 7) is 18.3. The number of hydrogen-bond donors (Lipinski definition) is 0. The molecule has 6 heteroatoms. The molecule has 0 fully saturated rings. The second-order valence-electron chi connectivity index (χ2n) is 21.1. The van der Waals surface area contributed by atoms with E-state index in [1.807, 2.05) is 11.3 Å². The number of furan rings is 1. The van der Waals surface area contributed by atoms with Crippen molar-refractivity contribution in [3.05, 3.63) is 181 Å². The zero-order valence-corrected chi connectivity index (χ0v) is 39.7. The van der Waals surface area contributed by atoms with E-state index in [-0.39, 0.29) is 17.7 Å². The summed E-state index contributed by atoms with van der Waals surface area (Å²) in [6.07, 6.45) is 2.26. The molecule has 14 rings (SSSR count). The van der Waals surface area contributed by atoms with Crippen LogP contribution in [0.2, 0.25) is 0 Å². The molecule has 0 amide bonds. The molecule has 4 nitrogen and oxygen atoms in total. The molecule has 8 aromatic carbocycles. The van der Waals surface area contributed by atoms with Crippen LogP contribution in [0.5, 0.6) is 0 Å². The van der Waals surface area contributed by atoms with Crippen molar-refractivity contribution < 1.29 is 4.42 Å². The van der Waals surface area contributed by atoms with Gasteiger partial charge in [-0.1, -0.05) is 133 Å². The van der Waals surface area contributed by atoms with Gasteiger partial charge in [-0.2, -0.15) is 0 Å². The van der Waals surface area contributed by atoms with Gasteiger partial charge in [0.1, 0.15) is 11.2 Å². The fourth-order valence-corrected chi connectivity index (χ4v) is 12.8. The maximum absolute atomic E-state index is 6.84. The van der Waals surface area contributed by atoms with Crippen LogP contribution in [0.1, 0.15) is 63.8 Å². The Balaban J connectivity index is 1.12. The number of rotatable bonds is 2. The molecule has 0 unspecified atom stereocenters. The predicted molar refractivity (Wildman–Crippen MR) is 289 cm³/mol. The number of fused-ring (bicyclic) bond motifs is 15. The maximum atomic E-state index is 6.84. The molecule has 0 aliphatic carbocycles. The molecular formula is C61H48BN3OS. The van der Waals surface area contributed by atoms with E-state index >= 15 is 0 Å². The minimum atomic E-state index is -0.155. The number of nitrogens with zero attached hydrogens (tertiary/aromatic N) is 3. The summed E-state index contributed by atoms with van der Waals surface area (Å²) >= 11 is 1.89. The molecule has 3 aliphatic heterocycles. The van der Waals surface area contributed by atoms with Crippen molar-refractivity contribution in [1.82, 2.24) is 4.57 Å². The van der Waals surface area contributed by atoms with E-state index in [9.17, 15) is 0 Å². The standard InChI is InChI=1S/C61H48BN3OS/c1-34-26-49(35-14-10-9-11-15-35)63(8)50-31-53-48(30-42(34)50)62-58-40(23-24-41-44-29-47-39-16-12-13-17-56(39)67-57(47)33-51(44)64(53)59(41)58)43-28-46-45-27-37(61(5,6)7)20-25-54(45)66-55(46)32-52(43)65(62)38-21-18-36(19-22-38)60(2,3)4/h9-33H,1H2,2-8H3. The summed E-state index contributed by atoms with van der Waals surface area (Å²) in [4.78, 5) is 4.98. The lowest BCUT2D eigenvalue weighted by molar-refractivity contribution is 0.590. The second kappa shape index (κ2) is 13.2. The van der Waals surface area contributed by atoms with Crippen molar-refractivity contribution >= 4 is 121 Å². The fraction of sp³-hybridized carbons (Fsp3) is 0.148. The van der Waals surface area contributed by atoms with Crippen LogP contribution in [-0.2, 0) is 10.8 Å². The average molecular weight is 882 g/mol. The zero-order chi connectivity index (χ0) is 45.4. The van der Waals surface area contributed by atoms with E-state index < -0.39 is 0 Å². The number of hydrogen-bond acceptors (Lipinski definition) is 4. The van der Waals surface area contributed by atoms with E-state index in [0.717, 1.165) is 55.8 Å². The molecule has 322 valence electrons. The van der Waals surface area contributed by atoms with Crippen LogP contribution in [0.3, 0.4) is 0 Å². The Morgan fingerprint density at radius 2 is 1.30 bits per heavy atom. The number of anilines is 3. The quantitative estimate of drug-likeness (QED) is 0.162. The minimum absolute atomic E-state index is 0.00420. The Kier molecular flexibility index (Phi) is 7.68. The summed E-state index contributed by atoms with van der Waals surface area (Å²) < 4.78 is 12.1. The maximum Gasteiger partial charge on any atom is 0.333 e. The molecule has 0 spiro atoms. The van der Waals surface area contributed by atoms with Crippen molar-refractivity contribution in [1.29, 1.82) is 0 Å². The van der Waals surface area contributed by atoms with Gasteiger partial charge in [0.05, 0.1) is 16.7 Å². The monoisotopic (exact) mass is 881 g/mol. The SMILES string of the molecule is C=C1C=C(c2ccccc2)N(C)c2cc3c(cc21)B1c2c(ccc4c5cc6c(cc5n-3c24)sc2ccccc26)-c2cc3c(cc2N1c1ccc(C(C)(C)C)cc1)oc1ccc(C(C)(C)C)cc13. The van der Waals surface area contributed by atoms with Gasteiger partial charge >= 0.3 is 6.85 Å². The van der Waals surface area contributed by atoms with E-state index in [1.165, 1.54) is 86.4 Å². The molecule has 0 radical (unpaired) electrons. The number of thiophene rings is 1. The third-order valence-corrected chi connectivity index (χ3v) is 16.3. The van der Waals surface area contributed by atoms with Crippen LogP contribution in [0, 0.1) is 0 Å². The van der Waals surface area contributed by atoms with Crippen molar-refractivity contribution in [3.63, 3.8) is 0 Å². The molecule has 11 aromatic rings. The van der Waals surface area contributed by atoms with E-state index in [1.54, 1.807) is 0 Å². The molecule has 0 bridgehead atoms. The van der Waals surface area contributed by atoms with Crippen molar-refractivity contribution in [2.75, 3.05) is 16.8 Å². The van der Waals surface area contributed by atoms with Crippen LogP contribution in [0.4, 0.5) is 17.1 Å². The lowest BCUT2D eigenvalue weighted by Gasteiger charge is -2.43. The first-order chi connectivity index (χ1) is 32.3. The number of allylic oxidation sites excluding steroid dienone is 2. The minimum Gasteiger partial charge on any atom is -0.456 e. The van der Waals surface area contributed by atoms with Gasteiger partial charge in [0.25, 0.3) is 0 Å². The topological polar surface area (TPSA) is 24.6 Å². The lowest BCUT2D eigenvalue weighted by atomic mass is 9.43. The second-order valence-corrected chi connectivity index (χ2v) is 22.2. The van der Waals surface area contributed by atoms with Gasteiger partial charge in [-0.3, -0.25) is 0 Å². The van der Waals surface area contributed by atoms with Gasteiger partial charge in [0.2, 0.25) is 0 Å². The summed E-state index contributed by atoms with van der Waals surface area (Å²) in [7, 11) is 2.21. The molecule has 6 heterocycles. The summed E-state index contributed by atoms with van der Waals surface area (Å²) in [6, 6.07) is 55.1. The smallest absolute Gasteiger partial charge is 0.333 e. The largest absolute Gasteiger partial charge is 0.456 e. The summed E-state index contributed by atoms with van der Waals surface area (Å²) in [5.41, 5.74) is 21.1. The third-order valence-electron chi connectivity index (χ3n) is 15.1. The highest BCUT2D eigenvalue weighted by Crippen LogP contribution is 2.50. The van der Waals surface area contributed by atoms with Crippen LogP contribution in [0.15, 0.2) is 163 Å². The molecule has 0 saturated heterocycles.